The number of aliphatic hydroxyl groups excluding tert-OH is 1. The van der Waals surface area contributed by atoms with Gasteiger partial charge in [0.05, 0.1) is 18.3 Å². The lowest BCUT2D eigenvalue weighted by molar-refractivity contribution is -0.123. The van der Waals surface area contributed by atoms with Gasteiger partial charge in [0.2, 0.25) is 11.7 Å². The lowest BCUT2D eigenvalue weighted by atomic mass is 10.0. The third-order valence-electron chi connectivity index (χ3n) is 6.24. The first kappa shape index (κ1) is 30.1. The summed E-state index contributed by atoms with van der Waals surface area (Å²) < 4.78 is 27.5. The van der Waals surface area contributed by atoms with Crippen LogP contribution in [-0.2, 0) is 11.2 Å². The van der Waals surface area contributed by atoms with Crippen LogP contribution in [-0.4, -0.2) is 50.9 Å². The van der Waals surface area contributed by atoms with Gasteiger partial charge in [-0.05, 0) is 62.4 Å². The molecule has 41 heavy (non-hydrogen) atoms. The van der Waals surface area contributed by atoms with Crippen molar-refractivity contribution in [2.75, 3.05) is 0 Å². The average molecular weight is 599 g/mol. The maximum absolute atomic E-state index is 14.2. The molecule has 0 aliphatic carbocycles. The number of hydrogen-bond donors (Lipinski definition) is 3. The van der Waals surface area contributed by atoms with E-state index in [1.54, 1.807) is 42.6 Å². The second kappa shape index (κ2) is 14.2. The maximum atomic E-state index is 14.2. The van der Waals surface area contributed by atoms with Gasteiger partial charge in [0.15, 0.2) is 5.01 Å². The highest BCUT2D eigenvalue weighted by Crippen LogP contribution is 2.27. The Bertz CT molecular complexity index is 1480. The van der Waals surface area contributed by atoms with Gasteiger partial charge in [0.1, 0.15) is 27.6 Å². The van der Waals surface area contributed by atoms with Crippen LogP contribution in [0.25, 0.3) is 10.6 Å². The molecule has 4 aromatic rings. The van der Waals surface area contributed by atoms with E-state index in [1.807, 2.05) is 0 Å². The number of halogens is 2. The third-order valence-corrected chi connectivity index (χ3v) is 8.06. The van der Waals surface area contributed by atoms with Gasteiger partial charge in [0.25, 0.3) is 5.91 Å². The normalized spacial score (nSPS) is 13.3. The Kier molecular flexibility index (Phi) is 10.4. The molecule has 0 saturated carbocycles. The summed E-state index contributed by atoms with van der Waals surface area (Å²) >= 11 is 2.12. The predicted octanol–water partition coefficient (Wildman–Crippen LogP) is 4.80. The fourth-order valence-electron chi connectivity index (χ4n) is 4.04. The zero-order chi connectivity index (χ0) is 29.4. The molecule has 0 radical (unpaired) electrons. The SMILES string of the molecule is CC(O)CC[C@H](NC(=O)c1cnc(-c2ccccc2F)s1)C(=O)N[C@@H](CCc1ccc(F)cc1)C(=O)c1nccs1. The summed E-state index contributed by atoms with van der Waals surface area (Å²) in [5.41, 5.74) is 1.04. The van der Waals surface area contributed by atoms with Crippen LogP contribution in [0.2, 0.25) is 0 Å². The Labute approximate surface area is 243 Å². The second-order valence-corrected chi connectivity index (χ2v) is 11.3. The predicted molar refractivity (Wildman–Crippen MR) is 153 cm³/mol. The van der Waals surface area contributed by atoms with Crippen LogP contribution < -0.4 is 10.6 Å². The number of aryl methyl sites for hydroxylation is 1. The van der Waals surface area contributed by atoms with Gasteiger partial charge >= 0.3 is 0 Å². The van der Waals surface area contributed by atoms with Crippen molar-refractivity contribution in [1.82, 2.24) is 20.6 Å². The van der Waals surface area contributed by atoms with E-state index < -0.39 is 35.8 Å². The Hall–Kier alpha value is -3.87. The summed E-state index contributed by atoms with van der Waals surface area (Å²) in [7, 11) is 0. The van der Waals surface area contributed by atoms with E-state index in [1.165, 1.54) is 30.6 Å². The number of rotatable bonds is 13. The summed E-state index contributed by atoms with van der Waals surface area (Å²) in [6.07, 6.45) is 2.98. The number of aliphatic hydroxyl groups is 1. The minimum Gasteiger partial charge on any atom is -0.393 e. The van der Waals surface area contributed by atoms with Crippen LogP contribution in [0.4, 0.5) is 8.78 Å². The Morgan fingerprint density at radius 3 is 2.39 bits per heavy atom. The third kappa shape index (κ3) is 8.32. The summed E-state index contributed by atoms with van der Waals surface area (Å²) in [4.78, 5) is 48.2. The quantitative estimate of drug-likeness (QED) is 0.190. The number of amides is 2. The molecular weight excluding hydrogens is 570 g/mol. The van der Waals surface area contributed by atoms with Crippen LogP contribution in [0.15, 0.2) is 66.3 Å². The van der Waals surface area contributed by atoms with E-state index in [9.17, 15) is 28.3 Å². The topological polar surface area (TPSA) is 121 Å². The number of thiazole rings is 2. The van der Waals surface area contributed by atoms with Crippen molar-refractivity contribution in [1.29, 1.82) is 0 Å². The van der Waals surface area contributed by atoms with Crippen LogP contribution in [0, 0.1) is 11.6 Å². The smallest absolute Gasteiger partial charge is 0.263 e. The minimum absolute atomic E-state index is 0.102. The molecule has 0 spiro atoms. The molecule has 3 N–H and O–H groups in total. The number of aromatic nitrogens is 2. The number of carbonyl (C=O) groups is 3. The zero-order valence-corrected chi connectivity index (χ0v) is 23.7. The van der Waals surface area contributed by atoms with E-state index in [4.69, 9.17) is 0 Å². The van der Waals surface area contributed by atoms with Crippen molar-refractivity contribution in [2.24, 2.45) is 0 Å². The molecule has 0 bridgehead atoms. The molecule has 0 aliphatic heterocycles. The van der Waals surface area contributed by atoms with Crippen LogP contribution in [0.5, 0.6) is 0 Å². The first-order valence-electron chi connectivity index (χ1n) is 12.9. The van der Waals surface area contributed by atoms with Gasteiger partial charge in [-0.3, -0.25) is 14.4 Å². The molecule has 2 aromatic carbocycles. The number of ketones is 1. The molecule has 0 fully saturated rings. The molecule has 4 rings (SSSR count). The number of hydrogen-bond acceptors (Lipinski definition) is 8. The van der Waals surface area contributed by atoms with Crippen molar-refractivity contribution >= 4 is 40.3 Å². The van der Waals surface area contributed by atoms with E-state index >= 15 is 0 Å². The van der Waals surface area contributed by atoms with Crippen LogP contribution in [0.3, 0.4) is 0 Å². The lowest BCUT2D eigenvalue weighted by Crippen LogP contribution is -2.51. The van der Waals surface area contributed by atoms with Crippen molar-refractivity contribution in [2.45, 2.75) is 50.8 Å². The van der Waals surface area contributed by atoms with Gasteiger partial charge < -0.3 is 15.7 Å². The maximum Gasteiger partial charge on any atom is 0.263 e. The number of carbonyl (C=O) groups excluding carboxylic acids is 3. The first-order chi connectivity index (χ1) is 19.7. The minimum atomic E-state index is -1.08. The van der Waals surface area contributed by atoms with Crippen molar-refractivity contribution in [3.05, 3.63) is 93.4 Å². The van der Waals surface area contributed by atoms with E-state index in [0.29, 0.717) is 11.4 Å². The fourth-order valence-corrected chi connectivity index (χ4v) is 5.52. The Balaban J connectivity index is 1.50. The summed E-state index contributed by atoms with van der Waals surface area (Å²) in [6.45, 7) is 1.57. The molecule has 1 unspecified atom stereocenters. The molecule has 2 aromatic heterocycles. The molecule has 2 heterocycles. The molecule has 12 heteroatoms. The van der Waals surface area contributed by atoms with E-state index in [0.717, 1.165) is 28.2 Å². The Morgan fingerprint density at radius 1 is 0.951 bits per heavy atom. The van der Waals surface area contributed by atoms with E-state index in [2.05, 4.69) is 20.6 Å². The van der Waals surface area contributed by atoms with Gasteiger partial charge in [-0.2, -0.15) is 0 Å². The number of nitrogens with zero attached hydrogens (tertiary/aromatic N) is 2. The largest absolute Gasteiger partial charge is 0.393 e. The van der Waals surface area contributed by atoms with E-state index in [-0.39, 0.29) is 46.3 Å². The van der Waals surface area contributed by atoms with Crippen molar-refractivity contribution in [3.8, 4) is 10.6 Å². The van der Waals surface area contributed by atoms with Crippen molar-refractivity contribution < 1.29 is 28.3 Å². The van der Waals surface area contributed by atoms with Crippen LogP contribution >= 0.6 is 22.7 Å². The van der Waals surface area contributed by atoms with Gasteiger partial charge in [0, 0.05) is 17.1 Å². The molecule has 8 nitrogen and oxygen atoms in total. The zero-order valence-electron chi connectivity index (χ0n) is 22.1. The monoisotopic (exact) mass is 598 g/mol. The van der Waals surface area contributed by atoms with Gasteiger partial charge in [-0.1, -0.05) is 24.3 Å². The molecular formula is C29H28F2N4O4S2. The molecule has 3 atom stereocenters. The average Bonchev–Trinajstić information content (AvgIpc) is 3.67. The van der Waals surface area contributed by atoms with Crippen molar-refractivity contribution in [3.63, 3.8) is 0 Å². The fraction of sp³-hybridized carbons (Fsp3) is 0.276. The lowest BCUT2D eigenvalue weighted by Gasteiger charge is -2.23. The van der Waals surface area contributed by atoms with Gasteiger partial charge in [-0.15, -0.1) is 22.7 Å². The number of nitrogens with one attached hydrogen (secondary N) is 2. The molecule has 0 saturated heterocycles. The standard InChI is InChI=1S/C29H28F2N4O4S2/c1-17(36)6-12-23(35-27(39)24-16-33-28(41-24)20-4-2-3-5-21(20)31)26(38)34-22(25(37)29-32-14-15-40-29)13-9-18-7-10-19(30)11-8-18/h2-5,7-8,10-11,14-17,22-23,36H,6,9,12-13H2,1H3,(H,34,38)(H,35,39)/t17?,22-,23-/m0/s1. The highest BCUT2D eigenvalue weighted by Gasteiger charge is 2.29. The highest BCUT2D eigenvalue weighted by atomic mass is 32.1. The number of benzene rings is 2. The van der Waals surface area contributed by atoms with Gasteiger partial charge in [-0.25, -0.2) is 18.7 Å². The molecule has 0 aliphatic rings. The molecule has 214 valence electrons. The first-order valence-corrected chi connectivity index (χ1v) is 14.6. The highest BCUT2D eigenvalue weighted by molar-refractivity contribution is 7.16. The second-order valence-electron chi connectivity index (χ2n) is 9.39. The number of Topliss-reactive ketones (excluding diaryl/α,β-unsaturated/α-hetero) is 1. The summed E-state index contributed by atoms with van der Waals surface area (Å²) in [5, 5.41) is 17.5. The molecule has 2 amide bonds. The van der Waals surface area contributed by atoms with Crippen LogP contribution in [0.1, 0.15) is 51.2 Å². The summed E-state index contributed by atoms with van der Waals surface area (Å²) in [6, 6.07) is 9.90. The summed E-state index contributed by atoms with van der Waals surface area (Å²) in [5.74, 6) is -2.43. The Morgan fingerprint density at radius 2 is 1.71 bits per heavy atom.